The normalized spacial score (nSPS) is 11.0. The summed E-state index contributed by atoms with van der Waals surface area (Å²) in [7, 11) is 0. The molecule has 0 saturated carbocycles. The number of nitro groups is 1. The Kier molecular flexibility index (Phi) is 5.08. The first kappa shape index (κ1) is 16.3. The van der Waals surface area contributed by atoms with Crippen molar-refractivity contribution in [2.75, 3.05) is 5.32 Å². The molecule has 1 unspecified atom stereocenters. The number of rotatable bonds is 4. The van der Waals surface area contributed by atoms with Crippen LogP contribution in [0.1, 0.15) is 17.2 Å². The van der Waals surface area contributed by atoms with Crippen LogP contribution >= 0.6 is 0 Å². The molecule has 4 nitrogen and oxygen atoms in total. The lowest BCUT2D eigenvalue weighted by atomic mass is 10.1. The van der Waals surface area contributed by atoms with Crippen LogP contribution in [0.3, 0.4) is 0 Å². The summed E-state index contributed by atoms with van der Waals surface area (Å²) in [6.45, 7) is 0. The van der Waals surface area contributed by atoms with Gasteiger partial charge in [0.25, 0.3) is 5.69 Å². The van der Waals surface area contributed by atoms with E-state index in [1.807, 2.05) is 60.7 Å². The van der Waals surface area contributed by atoms with E-state index in [-0.39, 0.29) is 11.7 Å². The number of hydrogen-bond donors (Lipinski definition) is 1. The van der Waals surface area contributed by atoms with Crippen molar-refractivity contribution in [3.05, 3.63) is 106 Å². The fourth-order valence-electron chi connectivity index (χ4n) is 2.44. The minimum atomic E-state index is -0.394. The van der Waals surface area contributed by atoms with Gasteiger partial charge in [-0.25, -0.2) is 0 Å². The second kappa shape index (κ2) is 7.80. The van der Waals surface area contributed by atoms with Gasteiger partial charge in [0.1, 0.15) is 11.7 Å². The predicted octanol–water partition coefficient (Wildman–Crippen LogP) is 4.80. The van der Waals surface area contributed by atoms with E-state index in [0.717, 1.165) is 11.1 Å². The van der Waals surface area contributed by atoms with Gasteiger partial charge in [-0.1, -0.05) is 72.5 Å². The number of para-hydroxylation sites is 2. The Labute approximate surface area is 146 Å². The summed E-state index contributed by atoms with van der Waals surface area (Å²) in [6, 6.07) is 25.6. The van der Waals surface area contributed by atoms with Gasteiger partial charge >= 0.3 is 0 Å². The van der Waals surface area contributed by atoms with E-state index in [4.69, 9.17) is 0 Å². The number of anilines is 1. The highest BCUT2D eigenvalue weighted by Gasteiger charge is 2.16. The number of nitrogens with zero attached hydrogens (tertiary/aromatic N) is 1. The van der Waals surface area contributed by atoms with Gasteiger partial charge in [-0.2, -0.15) is 0 Å². The van der Waals surface area contributed by atoms with Crippen LogP contribution in [-0.2, 0) is 0 Å². The van der Waals surface area contributed by atoms with Crippen LogP contribution < -0.4 is 5.32 Å². The zero-order valence-electron chi connectivity index (χ0n) is 13.4. The summed E-state index contributed by atoms with van der Waals surface area (Å²) in [4.78, 5) is 10.9. The molecule has 3 aromatic carbocycles. The topological polar surface area (TPSA) is 55.2 Å². The van der Waals surface area contributed by atoms with Crippen molar-refractivity contribution in [2.45, 2.75) is 6.04 Å². The van der Waals surface area contributed by atoms with Crippen molar-refractivity contribution in [1.82, 2.24) is 0 Å². The summed E-state index contributed by atoms with van der Waals surface area (Å²) in [6.07, 6.45) is 0. The maximum atomic E-state index is 11.2. The third-order valence-corrected chi connectivity index (χ3v) is 3.67. The molecule has 25 heavy (non-hydrogen) atoms. The molecule has 4 heteroatoms. The van der Waals surface area contributed by atoms with E-state index in [2.05, 4.69) is 17.2 Å². The molecule has 0 aromatic heterocycles. The Morgan fingerprint density at radius 3 is 2.12 bits per heavy atom. The first-order valence-electron chi connectivity index (χ1n) is 7.85. The SMILES string of the molecule is O=[N+]([O-])c1ccccc1NC(C#Cc1ccccc1)c1ccccc1. The van der Waals surface area contributed by atoms with E-state index in [1.165, 1.54) is 6.07 Å². The van der Waals surface area contributed by atoms with Crippen LogP contribution in [0.15, 0.2) is 84.9 Å². The van der Waals surface area contributed by atoms with Crippen molar-refractivity contribution in [2.24, 2.45) is 0 Å². The zero-order valence-corrected chi connectivity index (χ0v) is 13.4. The van der Waals surface area contributed by atoms with Gasteiger partial charge in [-0.05, 0) is 23.8 Å². The average Bonchev–Trinajstić information content (AvgIpc) is 2.67. The maximum absolute atomic E-state index is 11.2. The Balaban J connectivity index is 1.96. The van der Waals surface area contributed by atoms with Crippen molar-refractivity contribution in [3.63, 3.8) is 0 Å². The predicted molar refractivity (Wildman–Crippen MR) is 99.2 cm³/mol. The molecule has 0 amide bonds. The highest BCUT2D eigenvalue weighted by molar-refractivity contribution is 5.63. The minimum absolute atomic E-state index is 0.0324. The molecule has 0 aliphatic heterocycles. The van der Waals surface area contributed by atoms with Gasteiger partial charge in [0, 0.05) is 11.6 Å². The van der Waals surface area contributed by atoms with E-state index in [0.29, 0.717) is 5.69 Å². The summed E-state index contributed by atoms with van der Waals surface area (Å²) in [5, 5.41) is 14.4. The molecular formula is C21H16N2O2. The quantitative estimate of drug-likeness (QED) is 0.425. The van der Waals surface area contributed by atoms with Crippen LogP contribution in [0.25, 0.3) is 0 Å². The van der Waals surface area contributed by atoms with Gasteiger partial charge in [-0.3, -0.25) is 10.1 Å². The van der Waals surface area contributed by atoms with Gasteiger partial charge in [0.05, 0.1) is 4.92 Å². The zero-order chi connectivity index (χ0) is 17.5. The molecular weight excluding hydrogens is 312 g/mol. The largest absolute Gasteiger partial charge is 0.362 e. The lowest BCUT2D eigenvalue weighted by molar-refractivity contribution is -0.384. The van der Waals surface area contributed by atoms with E-state index in [1.54, 1.807) is 18.2 Å². The van der Waals surface area contributed by atoms with Crippen LogP contribution in [0.4, 0.5) is 11.4 Å². The lowest BCUT2D eigenvalue weighted by Gasteiger charge is -2.15. The standard InChI is InChI=1S/C21H16N2O2/c24-23(25)21-14-8-7-13-20(21)22-19(18-11-5-2-6-12-18)16-15-17-9-3-1-4-10-17/h1-14,19,22H. The summed E-state index contributed by atoms with van der Waals surface area (Å²) < 4.78 is 0. The maximum Gasteiger partial charge on any atom is 0.292 e. The van der Waals surface area contributed by atoms with Crippen molar-refractivity contribution < 1.29 is 4.92 Å². The molecule has 3 rings (SSSR count). The summed E-state index contributed by atoms with van der Waals surface area (Å²) >= 11 is 0. The number of nitrogens with one attached hydrogen (secondary N) is 1. The Morgan fingerprint density at radius 2 is 1.44 bits per heavy atom. The van der Waals surface area contributed by atoms with Crippen molar-refractivity contribution in [1.29, 1.82) is 0 Å². The monoisotopic (exact) mass is 328 g/mol. The Hall–Kier alpha value is -3.58. The van der Waals surface area contributed by atoms with Crippen LogP contribution in [-0.4, -0.2) is 4.92 Å². The number of benzene rings is 3. The molecule has 0 fully saturated rings. The molecule has 0 aliphatic carbocycles. The highest BCUT2D eigenvalue weighted by Crippen LogP contribution is 2.27. The fourth-order valence-corrected chi connectivity index (χ4v) is 2.44. The van der Waals surface area contributed by atoms with Gasteiger partial charge in [-0.15, -0.1) is 0 Å². The van der Waals surface area contributed by atoms with E-state index >= 15 is 0 Å². The summed E-state index contributed by atoms with van der Waals surface area (Å²) in [5.74, 6) is 6.31. The molecule has 1 atom stereocenters. The van der Waals surface area contributed by atoms with Crippen molar-refractivity contribution in [3.8, 4) is 11.8 Å². The average molecular weight is 328 g/mol. The highest BCUT2D eigenvalue weighted by atomic mass is 16.6. The lowest BCUT2D eigenvalue weighted by Crippen LogP contribution is -2.10. The molecule has 0 aliphatic rings. The smallest absolute Gasteiger partial charge is 0.292 e. The third-order valence-electron chi connectivity index (χ3n) is 3.67. The minimum Gasteiger partial charge on any atom is -0.362 e. The van der Waals surface area contributed by atoms with Gasteiger partial charge in [0.2, 0.25) is 0 Å². The van der Waals surface area contributed by atoms with Gasteiger partial charge in [0.15, 0.2) is 0 Å². The van der Waals surface area contributed by atoms with Gasteiger partial charge < -0.3 is 5.32 Å². The number of nitro benzene ring substituents is 1. The Morgan fingerprint density at radius 1 is 0.840 bits per heavy atom. The molecule has 3 aromatic rings. The molecule has 0 radical (unpaired) electrons. The fraction of sp³-hybridized carbons (Fsp3) is 0.0476. The molecule has 0 saturated heterocycles. The van der Waals surface area contributed by atoms with Crippen LogP contribution in [0.2, 0.25) is 0 Å². The molecule has 0 heterocycles. The molecule has 0 spiro atoms. The first-order valence-corrected chi connectivity index (χ1v) is 7.85. The summed E-state index contributed by atoms with van der Waals surface area (Å²) in [5.41, 5.74) is 2.32. The third kappa shape index (κ3) is 4.24. The van der Waals surface area contributed by atoms with Crippen LogP contribution in [0, 0.1) is 22.0 Å². The second-order valence-corrected chi connectivity index (χ2v) is 5.40. The number of hydrogen-bond acceptors (Lipinski definition) is 3. The van der Waals surface area contributed by atoms with E-state index < -0.39 is 4.92 Å². The first-order chi connectivity index (χ1) is 12.2. The second-order valence-electron chi connectivity index (χ2n) is 5.40. The van der Waals surface area contributed by atoms with E-state index in [9.17, 15) is 10.1 Å². The Bertz CT molecular complexity index is 913. The van der Waals surface area contributed by atoms with Crippen molar-refractivity contribution >= 4 is 11.4 Å². The molecule has 122 valence electrons. The molecule has 1 N–H and O–H groups in total. The molecule has 0 bridgehead atoms. The van der Waals surface area contributed by atoms with Crippen LogP contribution in [0.5, 0.6) is 0 Å².